The van der Waals surface area contributed by atoms with E-state index in [-0.39, 0.29) is 24.2 Å². The molecule has 4 nitrogen and oxygen atoms in total. The van der Waals surface area contributed by atoms with Crippen molar-refractivity contribution in [3.05, 3.63) is 64.7 Å². The molecule has 0 unspecified atom stereocenters. The topological polar surface area (TPSA) is 58.2 Å². The van der Waals surface area contributed by atoms with Crippen LogP contribution in [0.25, 0.3) is 0 Å². The first kappa shape index (κ1) is 18.0. The molecule has 0 aliphatic rings. The monoisotopic (exact) mass is 344 g/mol. The number of carbonyl (C=O) groups is 2. The van der Waals surface area contributed by atoms with Gasteiger partial charge in [0.25, 0.3) is 0 Å². The Labute approximate surface area is 147 Å². The molecule has 0 fully saturated rings. The van der Waals surface area contributed by atoms with E-state index in [0.29, 0.717) is 11.6 Å². The Balaban J connectivity index is 1.88. The maximum atomic E-state index is 12.1. The number of para-hydroxylation sites is 1. The zero-order chi connectivity index (χ0) is 17.5. The second-order valence-electron chi connectivity index (χ2n) is 5.84. The van der Waals surface area contributed by atoms with E-state index in [1.807, 2.05) is 42.5 Å². The van der Waals surface area contributed by atoms with Crippen LogP contribution in [0.1, 0.15) is 37.3 Å². The van der Waals surface area contributed by atoms with Crippen molar-refractivity contribution in [3.8, 4) is 0 Å². The predicted molar refractivity (Wildman–Crippen MR) is 97.1 cm³/mol. The number of benzene rings is 2. The van der Waals surface area contributed by atoms with E-state index in [0.717, 1.165) is 16.8 Å². The third-order valence-corrected chi connectivity index (χ3v) is 3.98. The van der Waals surface area contributed by atoms with Crippen molar-refractivity contribution in [1.29, 1.82) is 0 Å². The highest BCUT2D eigenvalue weighted by Gasteiger charge is 2.13. The Bertz CT molecular complexity index is 729. The van der Waals surface area contributed by atoms with Crippen molar-refractivity contribution >= 4 is 29.1 Å². The van der Waals surface area contributed by atoms with Crippen molar-refractivity contribution in [2.45, 2.75) is 32.7 Å². The van der Waals surface area contributed by atoms with E-state index in [9.17, 15) is 9.59 Å². The summed E-state index contributed by atoms with van der Waals surface area (Å²) in [6.45, 7) is 4.41. The van der Waals surface area contributed by atoms with Gasteiger partial charge in [0.2, 0.25) is 11.8 Å². The number of amides is 2. The van der Waals surface area contributed by atoms with Gasteiger partial charge in [-0.05, 0) is 29.2 Å². The number of rotatable bonds is 6. The molecule has 0 saturated heterocycles. The summed E-state index contributed by atoms with van der Waals surface area (Å²) in [4.78, 5) is 24.0. The number of hydrogen-bond acceptors (Lipinski definition) is 2. The third-order valence-electron chi connectivity index (χ3n) is 3.61. The van der Waals surface area contributed by atoms with Crippen LogP contribution >= 0.6 is 11.6 Å². The van der Waals surface area contributed by atoms with Gasteiger partial charge in [0, 0.05) is 17.3 Å². The molecule has 0 aromatic heterocycles. The highest BCUT2D eigenvalue weighted by molar-refractivity contribution is 6.31. The largest absolute Gasteiger partial charge is 0.352 e. The molecule has 0 atom stereocenters. The van der Waals surface area contributed by atoms with Gasteiger partial charge in [0.05, 0.1) is 0 Å². The molecule has 0 radical (unpaired) electrons. The van der Waals surface area contributed by atoms with Crippen LogP contribution in [-0.4, -0.2) is 11.8 Å². The van der Waals surface area contributed by atoms with Crippen LogP contribution < -0.4 is 10.6 Å². The van der Waals surface area contributed by atoms with E-state index >= 15 is 0 Å². The van der Waals surface area contributed by atoms with Crippen LogP contribution in [0.3, 0.4) is 0 Å². The van der Waals surface area contributed by atoms with Gasteiger partial charge in [-0.3, -0.25) is 9.59 Å². The average Bonchev–Trinajstić information content (AvgIpc) is 2.54. The number of carbonyl (C=O) groups excluding carboxylic acids is 2. The molecule has 2 aromatic carbocycles. The number of nitrogens with one attached hydrogen (secondary N) is 2. The minimum absolute atomic E-state index is 0.225. The Kier molecular flexibility index (Phi) is 6.38. The lowest BCUT2D eigenvalue weighted by Gasteiger charge is -2.13. The molecule has 0 bridgehead atoms. The standard InChI is InChI=1S/C19H21ClN2O2/c1-13(2)15-8-4-6-10-17(15)22-19(24)11-18(23)21-12-14-7-3-5-9-16(14)20/h3-10,13H,11-12H2,1-2H3,(H,21,23)(H,22,24). The van der Waals surface area contributed by atoms with Crippen LogP contribution in [0.4, 0.5) is 5.69 Å². The predicted octanol–water partition coefficient (Wildman–Crippen LogP) is 4.11. The van der Waals surface area contributed by atoms with Crippen molar-refractivity contribution in [2.75, 3.05) is 5.32 Å². The number of halogens is 1. The van der Waals surface area contributed by atoms with Crippen molar-refractivity contribution < 1.29 is 9.59 Å². The van der Waals surface area contributed by atoms with Crippen LogP contribution in [0.15, 0.2) is 48.5 Å². The fourth-order valence-electron chi connectivity index (χ4n) is 2.35. The van der Waals surface area contributed by atoms with E-state index in [1.165, 1.54) is 0 Å². The molecular weight excluding hydrogens is 324 g/mol. The molecule has 0 heterocycles. The summed E-state index contributed by atoms with van der Waals surface area (Å²) in [6, 6.07) is 14.9. The summed E-state index contributed by atoms with van der Waals surface area (Å²) in [5.41, 5.74) is 2.61. The van der Waals surface area contributed by atoms with E-state index in [4.69, 9.17) is 11.6 Å². The van der Waals surface area contributed by atoms with Gasteiger partial charge in [-0.15, -0.1) is 0 Å². The van der Waals surface area contributed by atoms with E-state index in [2.05, 4.69) is 24.5 Å². The van der Waals surface area contributed by atoms with Crippen LogP contribution in [0.5, 0.6) is 0 Å². The Morgan fingerprint density at radius 1 is 1.00 bits per heavy atom. The lowest BCUT2D eigenvalue weighted by Crippen LogP contribution is -2.28. The van der Waals surface area contributed by atoms with Gasteiger partial charge >= 0.3 is 0 Å². The molecular formula is C19H21ClN2O2. The zero-order valence-electron chi connectivity index (χ0n) is 13.8. The SMILES string of the molecule is CC(C)c1ccccc1NC(=O)CC(=O)NCc1ccccc1Cl. The van der Waals surface area contributed by atoms with Gasteiger partial charge in [-0.1, -0.05) is 61.8 Å². The average molecular weight is 345 g/mol. The minimum Gasteiger partial charge on any atom is -0.352 e. The summed E-state index contributed by atoms with van der Waals surface area (Å²) in [5, 5.41) is 6.11. The van der Waals surface area contributed by atoms with Crippen molar-refractivity contribution in [1.82, 2.24) is 5.32 Å². The smallest absolute Gasteiger partial charge is 0.233 e. The second kappa shape index (κ2) is 8.50. The fourth-order valence-corrected chi connectivity index (χ4v) is 2.56. The molecule has 5 heteroatoms. The molecule has 2 aromatic rings. The molecule has 2 rings (SSSR count). The van der Waals surface area contributed by atoms with Crippen molar-refractivity contribution in [3.63, 3.8) is 0 Å². The molecule has 0 spiro atoms. The second-order valence-corrected chi connectivity index (χ2v) is 6.24. The summed E-state index contributed by atoms with van der Waals surface area (Å²) < 4.78 is 0. The van der Waals surface area contributed by atoms with Crippen LogP contribution in [-0.2, 0) is 16.1 Å². The van der Waals surface area contributed by atoms with Crippen LogP contribution in [0.2, 0.25) is 5.02 Å². The Morgan fingerprint density at radius 3 is 2.38 bits per heavy atom. The molecule has 126 valence electrons. The lowest BCUT2D eigenvalue weighted by atomic mass is 10.0. The maximum Gasteiger partial charge on any atom is 0.233 e. The zero-order valence-corrected chi connectivity index (χ0v) is 14.6. The number of hydrogen-bond donors (Lipinski definition) is 2. The molecule has 0 aliphatic carbocycles. The summed E-state index contributed by atoms with van der Waals surface area (Å²) in [5.74, 6) is -0.384. The third kappa shape index (κ3) is 5.10. The van der Waals surface area contributed by atoms with Gasteiger partial charge in [0.1, 0.15) is 6.42 Å². The Morgan fingerprint density at radius 2 is 1.67 bits per heavy atom. The first-order chi connectivity index (χ1) is 11.5. The quantitative estimate of drug-likeness (QED) is 0.775. The van der Waals surface area contributed by atoms with E-state index in [1.54, 1.807) is 6.07 Å². The summed E-state index contributed by atoms with van der Waals surface area (Å²) in [6.07, 6.45) is -0.225. The highest BCUT2D eigenvalue weighted by Crippen LogP contribution is 2.23. The first-order valence-electron chi connectivity index (χ1n) is 7.86. The Hall–Kier alpha value is -2.33. The van der Waals surface area contributed by atoms with Gasteiger partial charge in [-0.2, -0.15) is 0 Å². The van der Waals surface area contributed by atoms with Gasteiger partial charge < -0.3 is 10.6 Å². The summed E-state index contributed by atoms with van der Waals surface area (Å²) >= 11 is 6.04. The number of anilines is 1. The van der Waals surface area contributed by atoms with Crippen molar-refractivity contribution in [2.24, 2.45) is 0 Å². The molecule has 0 saturated carbocycles. The molecule has 2 amide bonds. The molecule has 0 aliphatic heterocycles. The maximum absolute atomic E-state index is 12.1. The lowest BCUT2D eigenvalue weighted by molar-refractivity contribution is -0.126. The fraction of sp³-hybridized carbons (Fsp3) is 0.263. The highest BCUT2D eigenvalue weighted by atomic mass is 35.5. The van der Waals surface area contributed by atoms with Gasteiger partial charge in [-0.25, -0.2) is 0 Å². The minimum atomic E-state index is -0.338. The normalized spacial score (nSPS) is 10.5. The molecule has 24 heavy (non-hydrogen) atoms. The molecule has 2 N–H and O–H groups in total. The first-order valence-corrected chi connectivity index (χ1v) is 8.24. The van der Waals surface area contributed by atoms with Gasteiger partial charge in [0.15, 0.2) is 0 Å². The summed E-state index contributed by atoms with van der Waals surface area (Å²) in [7, 11) is 0. The van der Waals surface area contributed by atoms with E-state index < -0.39 is 0 Å². The van der Waals surface area contributed by atoms with Crippen LogP contribution in [0, 0.1) is 0 Å².